The first kappa shape index (κ1) is 18.9. The van der Waals surface area contributed by atoms with Gasteiger partial charge < -0.3 is 15.2 Å². The van der Waals surface area contributed by atoms with E-state index in [-0.39, 0.29) is 23.9 Å². The molecule has 5 nitrogen and oxygen atoms in total. The molecule has 2 aliphatic rings. The lowest BCUT2D eigenvalue weighted by Crippen LogP contribution is -2.45. The number of carbonyl (C=O) groups excluding carboxylic acids is 1. The van der Waals surface area contributed by atoms with E-state index in [4.69, 9.17) is 0 Å². The Kier molecular flexibility index (Phi) is 5.63. The first-order valence-electron chi connectivity index (χ1n) is 8.95. The predicted molar refractivity (Wildman–Crippen MR) is 101 cm³/mol. The average molecular weight is 380 g/mol. The Morgan fingerprint density at radius 3 is 2.62 bits per heavy atom. The van der Waals surface area contributed by atoms with Crippen LogP contribution < -0.4 is 10.9 Å². The molecule has 1 aromatic carbocycles. The third kappa shape index (κ3) is 4.07. The van der Waals surface area contributed by atoms with Gasteiger partial charge in [0.1, 0.15) is 5.82 Å². The van der Waals surface area contributed by atoms with Crippen LogP contribution in [0.1, 0.15) is 36.0 Å². The second-order valence-corrected chi connectivity index (χ2v) is 7.16. The van der Waals surface area contributed by atoms with Gasteiger partial charge in [0.15, 0.2) is 0 Å². The van der Waals surface area contributed by atoms with Crippen molar-refractivity contribution in [1.29, 1.82) is 0 Å². The molecule has 1 aliphatic carbocycles. The lowest BCUT2D eigenvalue weighted by molar-refractivity contribution is 0.0706. The first-order chi connectivity index (χ1) is 12.1. The molecule has 0 unspecified atom stereocenters. The minimum Gasteiger partial charge on any atom is -0.339 e. The highest BCUT2D eigenvalue weighted by Crippen LogP contribution is 2.28. The fourth-order valence-corrected chi connectivity index (χ4v) is 3.52. The number of aromatic nitrogens is 1. The number of fused-ring (bicyclic) bond motifs is 1. The van der Waals surface area contributed by atoms with E-state index in [0.717, 1.165) is 25.3 Å². The number of pyridine rings is 1. The summed E-state index contributed by atoms with van der Waals surface area (Å²) in [7, 11) is 0. The second kappa shape index (κ2) is 7.76. The highest BCUT2D eigenvalue weighted by atomic mass is 35.5. The van der Waals surface area contributed by atoms with Gasteiger partial charge in [-0.2, -0.15) is 0 Å². The van der Waals surface area contributed by atoms with Gasteiger partial charge in [-0.15, -0.1) is 12.4 Å². The first-order valence-corrected chi connectivity index (χ1v) is 8.95. The van der Waals surface area contributed by atoms with Gasteiger partial charge in [0.2, 0.25) is 5.56 Å². The number of nitrogens with zero attached hydrogens (tertiary/aromatic N) is 1. The summed E-state index contributed by atoms with van der Waals surface area (Å²) < 4.78 is 13.4. The predicted octanol–water partition coefficient (Wildman–Crippen LogP) is 2.69. The molecule has 0 spiro atoms. The fourth-order valence-electron chi connectivity index (χ4n) is 3.52. The normalized spacial score (nSPS) is 18.0. The van der Waals surface area contributed by atoms with Gasteiger partial charge in [-0.3, -0.25) is 9.59 Å². The fraction of sp³-hybridized carbons (Fsp3) is 0.474. The topological polar surface area (TPSA) is 65.2 Å². The van der Waals surface area contributed by atoms with Crippen LogP contribution in [0.3, 0.4) is 0 Å². The van der Waals surface area contributed by atoms with E-state index in [0.29, 0.717) is 35.6 Å². The largest absolute Gasteiger partial charge is 0.339 e. The van der Waals surface area contributed by atoms with Crippen molar-refractivity contribution in [3.05, 3.63) is 46.0 Å². The van der Waals surface area contributed by atoms with E-state index in [2.05, 4.69) is 10.3 Å². The van der Waals surface area contributed by atoms with Crippen molar-refractivity contribution in [3.63, 3.8) is 0 Å². The van der Waals surface area contributed by atoms with Crippen LogP contribution in [0, 0.1) is 11.7 Å². The van der Waals surface area contributed by atoms with E-state index < -0.39 is 5.82 Å². The van der Waals surface area contributed by atoms with Gasteiger partial charge in [-0.05, 0) is 56.3 Å². The van der Waals surface area contributed by atoms with Gasteiger partial charge in [0, 0.05) is 30.6 Å². The Morgan fingerprint density at radius 1 is 1.19 bits per heavy atom. The standard InChI is InChI=1S/C19H22FN3O2.ClH/c20-13-3-4-15-16(10-18(24)22-17(15)9-13)19(25)23-7-5-14(6-8-23)21-11-12-1-2-12;/h3-4,9-10,12,14,21H,1-2,5-8,11H2,(H,22,24);1H. The summed E-state index contributed by atoms with van der Waals surface area (Å²) in [6.45, 7) is 2.44. The van der Waals surface area contributed by atoms with Crippen molar-refractivity contribution in [1.82, 2.24) is 15.2 Å². The van der Waals surface area contributed by atoms with Gasteiger partial charge in [-0.25, -0.2) is 4.39 Å². The van der Waals surface area contributed by atoms with Crippen LogP contribution in [0.25, 0.3) is 10.9 Å². The van der Waals surface area contributed by atoms with Crippen LogP contribution in [-0.4, -0.2) is 41.5 Å². The Bertz CT molecular complexity index is 857. The zero-order chi connectivity index (χ0) is 17.4. The van der Waals surface area contributed by atoms with Crippen LogP contribution in [0.15, 0.2) is 29.1 Å². The van der Waals surface area contributed by atoms with Crippen molar-refractivity contribution < 1.29 is 9.18 Å². The number of hydrogen-bond donors (Lipinski definition) is 2. The number of aromatic amines is 1. The number of carbonyl (C=O) groups is 1. The third-order valence-corrected chi connectivity index (χ3v) is 5.21. The molecule has 0 bridgehead atoms. The number of likely N-dealkylation sites (tertiary alicyclic amines) is 1. The maximum absolute atomic E-state index is 13.4. The molecule has 4 rings (SSSR count). The lowest BCUT2D eigenvalue weighted by atomic mass is 10.0. The highest BCUT2D eigenvalue weighted by molar-refractivity contribution is 6.06. The van der Waals surface area contributed by atoms with Gasteiger partial charge >= 0.3 is 0 Å². The van der Waals surface area contributed by atoms with Gasteiger partial charge in [0.05, 0.1) is 11.1 Å². The van der Waals surface area contributed by atoms with Gasteiger partial charge in [-0.1, -0.05) is 0 Å². The molecule has 2 aromatic rings. The van der Waals surface area contributed by atoms with Gasteiger partial charge in [0.25, 0.3) is 5.91 Å². The summed E-state index contributed by atoms with van der Waals surface area (Å²) in [5, 5.41) is 4.18. The number of benzene rings is 1. The van der Waals surface area contributed by atoms with Crippen molar-refractivity contribution >= 4 is 29.2 Å². The van der Waals surface area contributed by atoms with Crippen molar-refractivity contribution in [2.24, 2.45) is 5.92 Å². The summed E-state index contributed by atoms with van der Waals surface area (Å²) in [6.07, 6.45) is 4.52. The van der Waals surface area contributed by atoms with E-state index >= 15 is 0 Å². The van der Waals surface area contributed by atoms with Crippen molar-refractivity contribution in [2.75, 3.05) is 19.6 Å². The quantitative estimate of drug-likeness (QED) is 0.858. The second-order valence-electron chi connectivity index (χ2n) is 7.16. The number of rotatable bonds is 4. The summed E-state index contributed by atoms with van der Waals surface area (Å²) >= 11 is 0. The van der Waals surface area contributed by atoms with Crippen LogP contribution >= 0.6 is 12.4 Å². The molecule has 2 N–H and O–H groups in total. The maximum atomic E-state index is 13.4. The number of nitrogens with one attached hydrogen (secondary N) is 2. The summed E-state index contributed by atoms with van der Waals surface area (Å²) in [5.74, 6) is 0.265. The number of amides is 1. The number of piperidine rings is 1. The molecular weight excluding hydrogens is 357 g/mol. The zero-order valence-electron chi connectivity index (χ0n) is 14.5. The molecule has 1 aromatic heterocycles. The molecule has 140 valence electrons. The molecule has 1 saturated heterocycles. The molecule has 26 heavy (non-hydrogen) atoms. The average Bonchev–Trinajstić information content (AvgIpc) is 3.43. The molecule has 1 aliphatic heterocycles. The molecule has 2 fully saturated rings. The molecule has 0 atom stereocenters. The number of hydrogen-bond acceptors (Lipinski definition) is 3. The Hall–Kier alpha value is -1.92. The molecule has 2 heterocycles. The van der Waals surface area contributed by atoms with Crippen LogP contribution in [0.5, 0.6) is 0 Å². The van der Waals surface area contributed by atoms with Crippen molar-refractivity contribution in [3.8, 4) is 0 Å². The number of halogens is 2. The molecular formula is C19H23ClFN3O2. The third-order valence-electron chi connectivity index (χ3n) is 5.21. The summed E-state index contributed by atoms with van der Waals surface area (Å²) in [6, 6.07) is 5.90. The van der Waals surface area contributed by atoms with Crippen molar-refractivity contribution in [2.45, 2.75) is 31.7 Å². The monoisotopic (exact) mass is 379 g/mol. The molecule has 1 amide bonds. The Balaban J connectivity index is 0.00000196. The maximum Gasteiger partial charge on any atom is 0.254 e. The molecule has 1 saturated carbocycles. The minimum absolute atomic E-state index is 0. The molecule has 7 heteroatoms. The smallest absolute Gasteiger partial charge is 0.254 e. The minimum atomic E-state index is -0.435. The Morgan fingerprint density at radius 2 is 1.92 bits per heavy atom. The van der Waals surface area contributed by atoms with E-state index in [1.54, 1.807) is 11.0 Å². The summed E-state index contributed by atoms with van der Waals surface area (Å²) in [4.78, 5) is 29.1. The van der Waals surface area contributed by atoms with Crippen LogP contribution in [-0.2, 0) is 0 Å². The van der Waals surface area contributed by atoms with E-state index in [1.807, 2.05) is 0 Å². The van der Waals surface area contributed by atoms with Crippen LogP contribution in [0.2, 0.25) is 0 Å². The van der Waals surface area contributed by atoms with E-state index in [1.165, 1.54) is 31.0 Å². The highest BCUT2D eigenvalue weighted by Gasteiger charge is 2.27. The van der Waals surface area contributed by atoms with Crippen LogP contribution in [0.4, 0.5) is 4.39 Å². The molecule has 0 radical (unpaired) electrons. The number of H-pyrrole nitrogens is 1. The Labute approximate surface area is 157 Å². The summed E-state index contributed by atoms with van der Waals surface area (Å²) in [5.41, 5.74) is 0.322. The lowest BCUT2D eigenvalue weighted by Gasteiger charge is -2.32. The zero-order valence-corrected chi connectivity index (χ0v) is 15.3. The van der Waals surface area contributed by atoms with E-state index in [9.17, 15) is 14.0 Å². The SMILES string of the molecule is Cl.O=C(c1cc(=O)[nH]c2cc(F)ccc12)N1CCC(NCC2CC2)CC1.